The van der Waals surface area contributed by atoms with Gasteiger partial charge < -0.3 is 24.1 Å². The van der Waals surface area contributed by atoms with E-state index in [-0.39, 0.29) is 12.5 Å². The summed E-state index contributed by atoms with van der Waals surface area (Å²) in [5, 5.41) is 2.84. The second-order valence-electron chi connectivity index (χ2n) is 5.35. The third-order valence-corrected chi connectivity index (χ3v) is 3.77. The Morgan fingerprint density at radius 2 is 1.80 bits per heavy atom. The SMILES string of the molecule is COc1cc(NC(=O)Cn2cnc3cccc(OC)c32)cc(OC)c1. The van der Waals surface area contributed by atoms with Crippen LogP contribution >= 0.6 is 0 Å². The number of anilines is 1. The van der Waals surface area contributed by atoms with Gasteiger partial charge in [0.05, 0.1) is 33.2 Å². The van der Waals surface area contributed by atoms with Crippen molar-refractivity contribution >= 4 is 22.6 Å². The number of aromatic nitrogens is 2. The van der Waals surface area contributed by atoms with Crippen molar-refractivity contribution in [2.24, 2.45) is 0 Å². The van der Waals surface area contributed by atoms with Gasteiger partial charge in [0.2, 0.25) is 5.91 Å². The maximum absolute atomic E-state index is 12.4. The Kier molecular flexibility index (Phi) is 4.74. The molecule has 1 heterocycles. The molecular weight excluding hydrogens is 322 g/mol. The predicted octanol–water partition coefficient (Wildman–Crippen LogP) is 2.70. The highest BCUT2D eigenvalue weighted by atomic mass is 16.5. The number of hydrogen-bond acceptors (Lipinski definition) is 5. The van der Waals surface area contributed by atoms with E-state index in [2.05, 4.69) is 10.3 Å². The number of carbonyl (C=O) groups excluding carboxylic acids is 1. The van der Waals surface area contributed by atoms with Crippen molar-refractivity contribution in [3.8, 4) is 17.2 Å². The van der Waals surface area contributed by atoms with Crippen LogP contribution < -0.4 is 19.5 Å². The molecule has 0 aliphatic heterocycles. The predicted molar refractivity (Wildman–Crippen MR) is 94.5 cm³/mol. The molecule has 0 radical (unpaired) electrons. The molecule has 0 atom stereocenters. The number of para-hydroxylation sites is 1. The van der Waals surface area contributed by atoms with Crippen LogP contribution in [0.15, 0.2) is 42.7 Å². The molecule has 2 aromatic carbocycles. The van der Waals surface area contributed by atoms with Crippen LogP contribution in [0.5, 0.6) is 17.2 Å². The second-order valence-corrected chi connectivity index (χ2v) is 5.35. The van der Waals surface area contributed by atoms with Crippen LogP contribution in [0.4, 0.5) is 5.69 Å². The molecule has 3 rings (SSSR count). The maximum Gasteiger partial charge on any atom is 0.244 e. The first-order valence-electron chi connectivity index (χ1n) is 7.65. The molecule has 1 amide bonds. The lowest BCUT2D eigenvalue weighted by Gasteiger charge is -2.11. The largest absolute Gasteiger partial charge is 0.497 e. The summed E-state index contributed by atoms with van der Waals surface area (Å²) in [7, 11) is 4.71. The number of imidazole rings is 1. The van der Waals surface area contributed by atoms with Crippen LogP contribution in [0.1, 0.15) is 0 Å². The average Bonchev–Trinajstić information content (AvgIpc) is 3.04. The molecule has 0 unspecified atom stereocenters. The Morgan fingerprint density at radius 1 is 1.08 bits per heavy atom. The van der Waals surface area contributed by atoms with Crippen molar-refractivity contribution in [2.45, 2.75) is 6.54 Å². The molecule has 0 spiro atoms. The van der Waals surface area contributed by atoms with E-state index in [1.165, 1.54) is 0 Å². The molecule has 7 nitrogen and oxygen atoms in total. The summed E-state index contributed by atoms with van der Waals surface area (Å²) in [5.74, 6) is 1.68. The molecule has 0 saturated carbocycles. The Hall–Kier alpha value is -3.22. The van der Waals surface area contributed by atoms with E-state index in [0.717, 1.165) is 11.0 Å². The lowest BCUT2D eigenvalue weighted by Crippen LogP contribution is -2.18. The van der Waals surface area contributed by atoms with Crippen molar-refractivity contribution in [1.29, 1.82) is 0 Å². The van der Waals surface area contributed by atoms with Crippen LogP contribution in [0.3, 0.4) is 0 Å². The van der Waals surface area contributed by atoms with Gasteiger partial charge in [0.25, 0.3) is 0 Å². The molecule has 25 heavy (non-hydrogen) atoms. The first-order chi connectivity index (χ1) is 12.1. The maximum atomic E-state index is 12.4. The second kappa shape index (κ2) is 7.12. The van der Waals surface area contributed by atoms with Crippen molar-refractivity contribution < 1.29 is 19.0 Å². The lowest BCUT2D eigenvalue weighted by molar-refractivity contribution is -0.116. The molecule has 1 aromatic heterocycles. The number of ether oxygens (including phenoxy) is 3. The van der Waals surface area contributed by atoms with E-state index in [0.29, 0.717) is 22.9 Å². The number of nitrogens with one attached hydrogen (secondary N) is 1. The molecule has 0 saturated heterocycles. The average molecular weight is 341 g/mol. The molecule has 0 fully saturated rings. The number of rotatable bonds is 6. The van der Waals surface area contributed by atoms with Crippen LogP contribution in [0, 0.1) is 0 Å². The fraction of sp³-hybridized carbons (Fsp3) is 0.222. The van der Waals surface area contributed by atoms with Gasteiger partial charge >= 0.3 is 0 Å². The summed E-state index contributed by atoms with van der Waals surface area (Å²) in [6, 6.07) is 10.8. The topological polar surface area (TPSA) is 74.6 Å². The van der Waals surface area contributed by atoms with Gasteiger partial charge in [0.1, 0.15) is 29.3 Å². The van der Waals surface area contributed by atoms with Gasteiger partial charge in [-0.05, 0) is 12.1 Å². The zero-order chi connectivity index (χ0) is 17.8. The number of benzene rings is 2. The van der Waals surface area contributed by atoms with Gasteiger partial charge in [-0.3, -0.25) is 4.79 Å². The fourth-order valence-corrected chi connectivity index (χ4v) is 2.61. The molecule has 0 aliphatic rings. The van der Waals surface area contributed by atoms with E-state index in [4.69, 9.17) is 14.2 Å². The number of carbonyl (C=O) groups is 1. The zero-order valence-electron chi connectivity index (χ0n) is 14.3. The quantitative estimate of drug-likeness (QED) is 0.746. The van der Waals surface area contributed by atoms with Crippen molar-refractivity contribution in [3.05, 3.63) is 42.7 Å². The van der Waals surface area contributed by atoms with Crippen molar-refractivity contribution in [1.82, 2.24) is 9.55 Å². The minimum atomic E-state index is -0.194. The summed E-state index contributed by atoms with van der Waals surface area (Å²) in [6.45, 7) is 0.108. The molecule has 7 heteroatoms. The third-order valence-electron chi connectivity index (χ3n) is 3.77. The normalized spacial score (nSPS) is 10.5. The number of methoxy groups -OCH3 is 3. The lowest BCUT2D eigenvalue weighted by atomic mass is 10.2. The van der Waals surface area contributed by atoms with Crippen LogP contribution in [0.25, 0.3) is 11.0 Å². The third kappa shape index (κ3) is 3.50. The molecule has 3 aromatic rings. The molecule has 130 valence electrons. The number of fused-ring (bicyclic) bond motifs is 1. The zero-order valence-corrected chi connectivity index (χ0v) is 14.3. The molecule has 1 N–H and O–H groups in total. The summed E-state index contributed by atoms with van der Waals surface area (Å²) >= 11 is 0. The minimum Gasteiger partial charge on any atom is -0.497 e. The summed E-state index contributed by atoms with van der Waals surface area (Å²) in [4.78, 5) is 16.7. The highest BCUT2D eigenvalue weighted by Crippen LogP contribution is 2.27. The van der Waals surface area contributed by atoms with Gasteiger partial charge in [0, 0.05) is 23.9 Å². The van der Waals surface area contributed by atoms with E-state index in [9.17, 15) is 4.79 Å². The van der Waals surface area contributed by atoms with Crippen molar-refractivity contribution in [2.75, 3.05) is 26.6 Å². The Morgan fingerprint density at radius 3 is 2.44 bits per heavy atom. The standard InChI is InChI=1S/C18H19N3O4/c1-23-13-7-12(8-14(9-13)24-2)20-17(22)10-21-11-19-15-5-4-6-16(25-3)18(15)21/h4-9,11H,10H2,1-3H3,(H,20,22). The van der Waals surface area contributed by atoms with Gasteiger partial charge in [0.15, 0.2) is 0 Å². The van der Waals surface area contributed by atoms with E-state index >= 15 is 0 Å². The first-order valence-corrected chi connectivity index (χ1v) is 7.65. The molecule has 0 aliphatic carbocycles. The van der Waals surface area contributed by atoms with Gasteiger partial charge in [-0.1, -0.05) is 6.07 Å². The Balaban J connectivity index is 1.82. The smallest absolute Gasteiger partial charge is 0.244 e. The molecule has 0 bridgehead atoms. The minimum absolute atomic E-state index is 0.108. The number of hydrogen-bond donors (Lipinski definition) is 1. The summed E-state index contributed by atoms with van der Waals surface area (Å²) in [6.07, 6.45) is 1.62. The summed E-state index contributed by atoms with van der Waals surface area (Å²) in [5.41, 5.74) is 2.15. The van der Waals surface area contributed by atoms with Gasteiger partial charge in [-0.2, -0.15) is 0 Å². The van der Waals surface area contributed by atoms with Crippen molar-refractivity contribution in [3.63, 3.8) is 0 Å². The van der Waals surface area contributed by atoms with Crippen LogP contribution in [0.2, 0.25) is 0 Å². The molecular formula is C18H19N3O4. The van der Waals surface area contributed by atoms with E-state index in [1.807, 2.05) is 18.2 Å². The van der Waals surface area contributed by atoms with Gasteiger partial charge in [-0.15, -0.1) is 0 Å². The number of nitrogens with zero attached hydrogens (tertiary/aromatic N) is 2. The highest BCUT2D eigenvalue weighted by Gasteiger charge is 2.12. The number of amides is 1. The van der Waals surface area contributed by atoms with E-state index < -0.39 is 0 Å². The summed E-state index contributed by atoms with van der Waals surface area (Å²) < 4.78 is 17.5. The van der Waals surface area contributed by atoms with Crippen LogP contribution in [-0.4, -0.2) is 36.8 Å². The Bertz CT molecular complexity index is 882. The van der Waals surface area contributed by atoms with E-state index in [1.54, 1.807) is 50.4 Å². The van der Waals surface area contributed by atoms with Crippen LogP contribution in [-0.2, 0) is 11.3 Å². The highest BCUT2D eigenvalue weighted by molar-refractivity contribution is 5.92. The Labute approximate surface area is 145 Å². The first kappa shape index (κ1) is 16.6. The fourth-order valence-electron chi connectivity index (χ4n) is 2.61. The van der Waals surface area contributed by atoms with Gasteiger partial charge in [-0.25, -0.2) is 4.98 Å². The monoisotopic (exact) mass is 341 g/mol.